The highest BCUT2D eigenvalue weighted by molar-refractivity contribution is 7.92. The first kappa shape index (κ1) is 15.1. The fourth-order valence-electron chi connectivity index (χ4n) is 1.93. The predicted octanol–water partition coefficient (Wildman–Crippen LogP) is 2.35. The molecule has 0 fully saturated rings. The molecule has 23 heavy (non-hydrogen) atoms. The van der Waals surface area contributed by atoms with E-state index in [0.717, 1.165) is 24.5 Å². The maximum absolute atomic E-state index is 14.1. The number of halogens is 2. The summed E-state index contributed by atoms with van der Waals surface area (Å²) in [7, 11) is -4.06. The summed E-state index contributed by atoms with van der Waals surface area (Å²) < 4.78 is 55.1. The van der Waals surface area contributed by atoms with Gasteiger partial charge in [0.1, 0.15) is 16.5 Å². The molecular formula is C14H10F2N4O2S. The topological polar surface area (TPSA) is 76.9 Å². The Bertz CT molecular complexity index is 943. The van der Waals surface area contributed by atoms with Crippen molar-refractivity contribution in [3.05, 3.63) is 67.0 Å². The Morgan fingerprint density at radius 3 is 2.57 bits per heavy atom. The molecule has 0 radical (unpaired) electrons. The lowest BCUT2D eigenvalue weighted by Gasteiger charge is -2.10. The van der Waals surface area contributed by atoms with Crippen molar-refractivity contribution in [2.24, 2.45) is 0 Å². The Balaban J connectivity index is 1.90. The number of anilines is 1. The molecule has 1 aromatic carbocycles. The first-order chi connectivity index (χ1) is 11.0. The second-order valence-electron chi connectivity index (χ2n) is 4.58. The molecule has 0 unspecified atom stereocenters. The Hall–Kier alpha value is -2.81. The molecule has 3 rings (SSSR count). The van der Waals surface area contributed by atoms with E-state index in [1.807, 2.05) is 0 Å². The number of sulfonamides is 1. The Morgan fingerprint density at radius 2 is 1.91 bits per heavy atom. The van der Waals surface area contributed by atoms with Gasteiger partial charge in [0.05, 0.1) is 23.9 Å². The highest BCUT2D eigenvalue weighted by Gasteiger charge is 2.16. The van der Waals surface area contributed by atoms with E-state index in [1.54, 1.807) is 6.20 Å². The fourth-order valence-corrected chi connectivity index (χ4v) is 2.96. The number of rotatable bonds is 4. The summed E-state index contributed by atoms with van der Waals surface area (Å²) in [5.74, 6) is -1.42. The summed E-state index contributed by atoms with van der Waals surface area (Å²) in [6, 6.07) is 4.65. The average molecular weight is 336 g/mol. The molecule has 0 saturated heterocycles. The summed E-state index contributed by atoms with van der Waals surface area (Å²) in [5.41, 5.74) is 0.230. The molecule has 2 heterocycles. The SMILES string of the molecule is O=S(=O)(Nc1ccc(-n2ccnc2)c(F)c1)c1cncc(F)c1. The van der Waals surface area contributed by atoms with Crippen molar-refractivity contribution in [2.45, 2.75) is 4.90 Å². The standard InChI is InChI=1S/C14H10F2N4O2S/c15-10-5-12(8-18-7-10)23(21,22)19-11-1-2-14(13(16)6-11)20-4-3-17-9-20/h1-9,19H. The minimum absolute atomic E-state index is 0.00984. The second kappa shape index (κ2) is 5.76. The number of hydrogen-bond donors (Lipinski definition) is 1. The van der Waals surface area contributed by atoms with Crippen LogP contribution in [0.3, 0.4) is 0 Å². The van der Waals surface area contributed by atoms with Gasteiger partial charge in [-0.2, -0.15) is 0 Å². The minimum atomic E-state index is -4.06. The number of benzene rings is 1. The quantitative estimate of drug-likeness (QED) is 0.793. The number of nitrogens with zero attached hydrogens (tertiary/aromatic N) is 3. The Labute approximate surface area is 130 Å². The van der Waals surface area contributed by atoms with E-state index in [0.29, 0.717) is 0 Å². The molecule has 0 aliphatic carbocycles. The van der Waals surface area contributed by atoms with Gasteiger partial charge in [-0.15, -0.1) is 0 Å². The van der Waals surface area contributed by atoms with Gasteiger partial charge in [0.15, 0.2) is 0 Å². The summed E-state index contributed by atoms with van der Waals surface area (Å²) in [6.45, 7) is 0. The first-order valence-electron chi connectivity index (χ1n) is 6.37. The highest BCUT2D eigenvalue weighted by atomic mass is 32.2. The summed E-state index contributed by atoms with van der Waals surface area (Å²) in [6.07, 6.45) is 6.36. The largest absolute Gasteiger partial charge is 0.303 e. The lowest BCUT2D eigenvalue weighted by molar-refractivity contribution is 0.592. The predicted molar refractivity (Wildman–Crippen MR) is 78.5 cm³/mol. The molecule has 2 aromatic heterocycles. The van der Waals surface area contributed by atoms with Crippen LogP contribution in [0.25, 0.3) is 5.69 Å². The zero-order valence-electron chi connectivity index (χ0n) is 11.5. The highest BCUT2D eigenvalue weighted by Crippen LogP contribution is 2.21. The van der Waals surface area contributed by atoms with Crippen LogP contribution in [0.15, 0.2) is 60.3 Å². The molecule has 3 aromatic rings. The van der Waals surface area contributed by atoms with Gasteiger partial charge in [-0.05, 0) is 18.2 Å². The van der Waals surface area contributed by atoms with Crippen molar-refractivity contribution in [1.82, 2.24) is 14.5 Å². The molecule has 0 amide bonds. The van der Waals surface area contributed by atoms with E-state index in [2.05, 4.69) is 14.7 Å². The van der Waals surface area contributed by atoms with Crippen molar-refractivity contribution >= 4 is 15.7 Å². The summed E-state index contributed by atoms with van der Waals surface area (Å²) >= 11 is 0. The Morgan fingerprint density at radius 1 is 1.09 bits per heavy atom. The van der Waals surface area contributed by atoms with E-state index < -0.39 is 21.7 Å². The fraction of sp³-hybridized carbons (Fsp3) is 0. The van der Waals surface area contributed by atoms with Gasteiger partial charge < -0.3 is 4.57 Å². The second-order valence-corrected chi connectivity index (χ2v) is 6.26. The number of nitrogens with one attached hydrogen (secondary N) is 1. The molecule has 1 N–H and O–H groups in total. The van der Waals surface area contributed by atoms with Crippen molar-refractivity contribution in [1.29, 1.82) is 0 Å². The molecule has 0 aliphatic heterocycles. The molecule has 0 spiro atoms. The van der Waals surface area contributed by atoms with Crippen molar-refractivity contribution < 1.29 is 17.2 Å². The van der Waals surface area contributed by atoms with Gasteiger partial charge in [-0.1, -0.05) is 0 Å². The average Bonchev–Trinajstić information content (AvgIpc) is 3.01. The van der Waals surface area contributed by atoms with Crippen LogP contribution in [0.2, 0.25) is 0 Å². The van der Waals surface area contributed by atoms with Crippen LogP contribution in [-0.2, 0) is 10.0 Å². The maximum atomic E-state index is 14.1. The van der Waals surface area contributed by atoms with Gasteiger partial charge in [0, 0.05) is 24.7 Å². The molecule has 0 bridgehead atoms. The molecular weight excluding hydrogens is 326 g/mol. The van der Waals surface area contributed by atoms with Crippen LogP contribution in [0, 0.1) is 11.6 Å². The van der Waals surface area contributed by atoms with Gasteiger partial charge in [0.25, 0.3) is 10.0 Å². The number of pyridine rings is 1. The van der Waals surface area contributed by atoms with E-state index in [-0.39, 0.29) is 16.3 Å². The molecule has 6 nitrogen and oxygen atoms in total. The van der Waals surface area contributed by atoms with Gasteiger partial charge in [0.2, 0.25) is 0 Å². The summed E-state index contributed by atoms with van der Waals surface area (Å²) in [4.78, 5) is 6.94. The maximum Gasteiger partial charge on any atom is 0.263 e. The van der Waals surface area contributed by atoms with Crippen LogP contribution in [0.5, 0.6) is 0 Å². The van der Waals surface area contributed by atoms with Gasteiger partial charge in [-0.25, -0.2) is 22.2 Å². The molecule has 118 valence electrons. The van der Waals surface area contributed by atoms with Crippen LogP contribution >= 0.6 is 0 Å². The lowest BCUT2D eigenvalue weighted by Crippen LogP contribution is -2.14. The minimum Gasteiger partial charge on any atom is -0.303 e. The zero-order valence-corrected chi connectivity index (χ0v) is 12.3. The van der Waals surface area contributed by atoms with Gasteiger partial charge >= 0.3 is 0 Å². The van der Waals surface area contributed by atoms with Crippen molar-refractivity contribution in [3.63, 3.8) is 0 Å². The Kier molecular flexibility index (Phi) is 3.78. The monoisotopic (exact) mass is 336 g/mol. The number of hydrogen-bond acceptors (Lipinski definition) is 4. The third-order valence-electron chi connectivity index (χ3n) is 2.97. The van der Waals surface area contributed by atoms with Crippen LogP contribution in [0.4, 0.5) is 14.5 Å². The van der Waals surface area contributed by atoms with E-state index in [9.17, 15) is 17.2 Å². The third-order valence-corrected chi connectivity index (χ3v) is 4.32. The van der Waals surface area contributed by atoms with Crippen LogP contribution in [-0.4, -0.2) is 23.0 Å². The lowest BCUT2D eigenvalue weighted by atomic mass is 10.2. The first-order valence-corrected chi connectivity index (χ1v) is 7.85. The van der Waals surface area contributed by atoms with Gasteiger partial charge in [-0.3, -0.25) is 9.71 Å². The molecule has 9 heteroatoms. The van der Waals surface area contributed by atoms with Crippen LogP contribution < -0.4 is 4.72 Å². The molecule has 0 aliphatic rings. The number of imidazole rings is 1. The smallest absolute Gasteiger partial charge is 0.263 e. The normalized spacial score (nSPS) is 11.4. The molecule has 0 atom stereocenters. The van der Waals surface area contributed by atoms with E-state index >= 15 is 0 Å². The van der Waals surface area contributed by atoms with E-state index in [4.69, 9.17) is 0 Å². The number of aromatic nitrogens is 3. The zero-order chi connectivity index (χ0) is 16.4. The van der Waals surface area contributed by atoms with E-state index in [1.165, 1.54) is 29.2 Å². The van der Waals surface area contributed by atoms with Crippen molar-refractivity contribution in [3.8, 4) is 5.69 Å². The van der Waals surface area contributed by atoms with Crippen LogP contribution in [0.1, 0.15) is 0 Å². The summed E-state index contributed by atoms with van der Waals surface area (Å²) in [5, 5.41) is 0. The van der Waals surface area contributed by atoms with Crippen molar-refractivity contribution in [2.75, 3.05) is 4.72 Å². The molecule has 0 saturated carbocycles. The third kappa shape index (κ3) is 3.19.